The van der Waals surface area contributed by atoms with E-state index in [0.717, 1.165) is 24.0 Å². The molecule has 126 valence electrons. The van der Waals surface area contributed by atoms with E-state index in [-0.39, 0.29) is 5.91 Å². The monoisotopic (exact) mass is 332 g/mol. The molecule has 2 heterocycles. The van der Waals surface area contributed by atoms with Crippen LogP contribution in [0.5, 0.6) is 0 Å². The third-order valence-electron chi connectivity index (χ3n) is 4.68. The van der Waals surface area contributed by atoms with Crippen molar-refractivity contribution in [3.05, 3.63) is 66.1 Å². The third kappa shape index (κ3) is 3.05. The highest BCUT2D eigenvalue weighted by Crippen LogP contribution is 2.20. The lowest BCUT2D eigenvalue weighted by molar-refractivity contribution is 0.0743. The number of carbonyl (C=O) groups excluding carboxylic acids is 1. The Bertz CT molecular complexity index is 911. The van der Waals surface area contributed by atoms with Crippen molar-refractivity contribution in [1.82, 2.24) is 14.9 Å². The molecule has 1 aliphatic rings. The minimum atomic E-state index is -0.0116. The van der Waals surface area contributed by atoms with Gasteiger partial charge in [-0.15, -0.1) is 0 Å². The first-order valence-electron chi connectivity index (χ1n) is 8.53. The molecule has 0 unspecified atom stereocenters. The normalized spacial score (nSPS) is 14.8. The first-order valence-corrected chi connectivity index (χ1v) is 8.53. The van der Waals surface area contributed by atoms with Gasteiger partial charge in [-0.2, -0.15) is 0 Å². The molecule has 5 heteroatoms. The summed E-state index contributed by atoms with van der Waals surface area (Å²) in [6.45, 7) is 5.16. The second-order valence-corrected chi connectivity index (χ2v) is 6.36. The third-order valence-corrected chi connectivity index (χ3v) is 4.68. The van der Waals surface area contributed by atoms with Crippen LogP contribution in [-0.2, 0) is 0 Å². The van der Waals surface area contributed by atoms with Crippen molar-refractivity contribution >= 4 is 22.5 Å². The minimum absolute atomic E-state index is 0.0116. The number of benzene rings is 2. The summed E-state index contributed by atoms with van der Waals surface area (Å²) in [5, 5.41) is 0.816. The number of fused-ring (bicyclic) bond motifs is 1. The first-order chi connectivity index (χ1) is 12.2. The van der Waals surface area contributed by atoms with Crippen LogP contribution >= 0.6 is 0 Å². The summed E-state index contributed by atoms with van der Waals surface area (Å²) in [4.78, 5) is 25.6. The molecule has 1 aromatic heterocycles. The van der Waals surface area contributed by atoms with Crippen LogP contribution in [0.3, 0.4) is 0 Å². The van der Waals surface area contributed by atoms with E-state index < -0.39 is 0 Å². The highest BCUT2D eigenvalue weighted by atomic mass is 16.2. The van der Waals surface area contributed by atoms with Gasteiger partial charge in [0.05, 0.1) is 5.52 Å². The lowest BCUT2D eigenvalue weighted by Crippen LogP contribution is -2.49. The molecule has 3 aromatic rings. The molecular formula is C20H20N4O. The quantitative estimate of drug-likeness (QED) is 0.724. The van der Waals surface area contributed by atoms with Crippen molar-refractivity contribution in [2.75, 3.05) is 31.1 Å². The zero-order chi connectivity index (χ0) is 17.2. The lowest BCUT2D eigenvalue weighted by Gasteiger charge is -2.36. The van der Waals surface area contributed by atoms with E-state index >= 15 is 0 Å². The number of para-hydroxylation sites is 1. The number of piperazine rings is 1. The molecule has 0 atom stereocenters. The molecule has 2 aromatic carbocycles. The lowest BCUT2D eigenvalue weighted by atomic mass is 10.1. The van der Waals surface area contributed by atoms with Gasteiger partial charge in [0, 0.05) is 37.3 Å². The van der Waals surface area contributed by atoms with Crippen LogP contribution < -0.4 is 4.90 Å². The van der Waals surface area contributed by atoms with Crippen molar-refractivity contribution in [3.8, 4) is 0 Å². The van der Waals surface area contributed by atoms with Crippen molar-refractivity contribution in [3.63, 3.8) is 0 Å². The molecule has 1 aliphatic heterocycles. The number of rotatable bonds is 2. The van der Waals surface area contributed by atoms with Crippen LogP contribution in [0, 0.1) is 6.92 Å². The Morgan fingerprint density at radius 3 is 2.56 bits per heavy atom. The minimum Gasteiger partial charge on any atom is -0.368 e. The predicted molar refractivity (Wildman–Crippen MR) is 98.8 cm³/mol. The summed E-state index contributed by atoms with van der Waals surface area (Å²) >= 11 is 0. The molecule has 0 saturated carbocycles. The van der Waals surface area contributed by atoms with Gasteiger partial charge in [0.25, 0.3) is 5.91 Å². The summed E-state index contributed by atoms with van der Waals surface area (Å²) in [6, 6.07) is 16.1. The Morgan fingerprint density at radius 1 is 0.960 bits per heavy atom. The average molecular weight is 332 g/mol. The SMILES string of the molecule is Cc1cccc(N2CCN(C(=O)c3ncnc4ccccc34)CC2)c1. The van der Waals surface area contributed by atoms with Gasteiger partial charge in [-0.25, -0.2) is 9.97 Å². The molecule has 25 heavy (non-hydrogen) atoms. The number of hydrogen-bond donors (Lipinski definition) is 0. The molecule has 4 rings (SSSR count). The van der Waals surface area contributed by atoms with E-state index in [0.29, 0.717) is 18.8 Å². The molecule has 0 bridgehead atoms. The van der Waals surface area contributed by atoms with E-state index in [1.165, 1.54) is 17.6 Å². The van der Waals surface area contributed by atoms with Crippen LogP contribution in [0.25, 0.3) is 10.9 Å². The van der Waals surface area contributed by atoms with E-state index in [2.05, 4.69) is 46.1 Å². The average Bonchev–Trinajstić information content (AvgIpc) is 2.67. The van der Waals surface area contributed by atoms with Gasteiger partial charge < -0.3 is 9.80 Å². The first kappa shape index (κ1) is 15.6. The van der Waals surface area contributed by atoms with E-state index in [1.54, 1.807) is 0 Å². The number of aromatic nitrogens is 2. The predicted octanol–water partition coefficient (Wildman–Crippen LogP) is 2.90. The number of hydrogen-bond acceptors (Lipinski definition) is 4. The Kier molecular flexibility index (Phi) is 4.06. The second kappa shape index (κ2) is 6.51. The van der Waals surface area contributed by atoms with Crippen molar-refractivity contribution in [2.24, 2.45) is 0 Å². The van der Waals surface area contributed by atoms with Crippen molar-refractivity contribution in [2.45, 2.75) is 6.92 Å². The largest absolute Gasteiger partial charge is 0.368 e. The number of nitrogens with zero attached hydrogens (tertiary/aromatic N) is 4. The molecule has 5 nitrogen and oxygen atoms in total. The Balaban J connectivity index is 1.51. The fraction of sp³-hybridized carbons (Fsp3) is 0.250. The van der Waals surface area contributed by atoms with Crippen molar-refractivity contribution < 1.29 is 4.79 Å². The Hall–Kier alpha value is -2.95. The van der Waals surface area contributed by atoms with Crippen LogP contribution in [0.4, 0.5) is 5.69 Å². The van der Waals surface area contributed by atoms with E-state index in [1.807, 2.05) is 29.2 Å². The standard InChI is InChI=1S/C20H20N4O/c1-15-5-4-6-16(13-15)23-9-11-24(12-10-23)20(25)19-17-7-2-3-8-18(17)21-14-22-19/h2-8,13-14H,9-12H2,1H3. The molecule has 0 radical (unpaired) electrons. The van der Waals surface area contributed by atoms with Gasteiger partial charge in [0.2, 0.25) is 0 Å². The molecule has 0 spiro atoms. The number of amides is 1. The van der Waals surface area contributed by atoms with Crippen LogP contribution in [0.15, 0.2) is 54.9 Å². The smallest absolute Gasteiger partial charge is 0.273 e. The van der Waals surface area contributed by atoms with Gasteiger partial charge >= 0.3 is 0 Å². The number of aryl methyl sites for hydroxylation is 1. The summed E-state index contributed by atoms with van der Waals surface area (Å²) in [7, 11) is 0. The maximum Gasteiger partial charge on any atom is 0.273 e. The Morgan fingerprint density at radius 2 is 1.76 bits per heavy atom. The summed E-state index contributed by atoms with van der Waals surface area (Å²) in [5.41, 5.74) is 3.77. The van der Waals surface area contributed by atoms with Crippen LogP contribution in [0.1, 0.15) is 16.1 Å². The molecule has 1 fully saturated rings. The maximum atomic E-state index is 12.9. The van der Waals surface area contributed by atoms with Crippen LogP contribution in [0.2, 0.25) is 0 Å². The zero-order valence-corrected chi connectivity index (χ0v) is 14.2. The molecule has 1 saturated heterocycles. The summed E-state index contributed by atoms with van der Waals surface area (Å²) in [6.07, 6.45) is 1.47. The highest BCUT2D eigenvalue weighted by molar-refractivity contribution is 6.04. The van der Waals surface area contributed by atoms with E-state index in [4.69, 9.17) is 0 Å². The molecule has 0 N–H and O–H groups in total. The van der Waals surface area contributed by atoms with Crippen LogP contribution in [-0.4, -0.2) is 47.0 Å². The topological polar surface area (TPSA) is 49.3 Å². The van der Waals surface area contributed by atoms with E-state index in [9.17, 15) is 4.79 Å². The summed E-state index contributed by atoms with van der Waals surface area (Å²) in [5.74, 6) is -0.0116. The zero-order valence-electron chi connectivity index (χ0n) is 14.2. The summed E-state index contributed by atoms with van der Waals surface area (Å²) < 4.78 is 0. The number of carbonyl (C=O) groups is 1. The molecule has 1 amide bonds. The highest BCUT2D eigenvalue weighted by Gasteiger charge is 2.24. The van der Waals surface area contributed by atoms with Gasteiger partial charge in [-0.3, -0.25) is 4.79 Å². The fourth-order valence-electron chi connectivity index (χ4n) is 3.32. The molecule has 0 aliphatic carbocycles. The second-order valence-electron chi connectivity index (χ2n) is 6.36. The fourth-order valence-corrected chi connectivity index (χ4v) is 3.32. The van der Waals surface area contributed by atoms with Gasteiger partial charge in [-0.05, 0) is 30.7 Å². The van der Waals surface area contributed by atoms with Gasteiger partial charge in [0.1, 0.15) is 12.0 Å². The van der Waals surface area contributed by atoms with Crippen molar-refractivity contribution in [1.29, 1.82) is 0 Å². The van der Waals surface area contributed by atoms with Gasteiger partial charge in [-0.1, -0.05) is 30.3 Å². The number of anilines is 1. The maximum absolute atomic E-state index is 12.9. The Labute approximate surface area is 146 Å². The van der Waals surface area contributed by atoms with Gasteiger partial charge in [0.15, 0.2) is 0 Å². The molecular weight excluding hydrogens is 312 g/mol.